The summed E-state index contributed by atoms with van der Waals surface area (Å²) in [7, 11) is 1.29. The van der Waals surface area contributed by atoms with Crippen molar-refractivity contribution in [3.8, 4) is 5.75 Å². The minimum absolute atomic E-state index is 0.0418. The fraction of sp³-hybridized carbons (Fsp3) is 0.455. The van der Waals surface area contributed by atoms with Crippen LogP contribution in [0, 0.1) is 0 Å². The molecule has 0 fully saturated rings. The number of aromatic nitrogens is 1. The highest BCUT2D eigenvalue weighted by atomic mass is 32.1. The number of ether oxygens (including phenoxy) is 2. The lowest BCUT2D eigenvalue weighted by molar-refractivity contribution is -0.133. The molecule has 3 rings (SSSR count). The molecular weight excluding hydrogens is 420 g/mol. The standard InChI is InChI=1S/C22H26N2O6S/c1-15(25)3-4-19(26)23-8-5-17-21(22(28)29-2)18(13-20(27)24(17)10-9-23)30-11-6-16-7-12-31-14-16/h7,12-14H,3-6,8-11H2,1-2H3. The van der Waals surface area contributed by atoms with Crippen LogP contribution in [0.15, 0.2) is 27.7 Å². The van der Waals surface area contributed by atoms with Gasteiger partial charge in [0.15, 0.2) is 0 Å². The zero-order valence-electron chi connectivity index (χ0n) is 17.7. The zero-order chi connectivity index (χ0) is 22.4. The van der Waals surface area contributed by atoms with E-state index in [2.05, 4.69) is 0 Å². The number of thiophene rings is 1. The second-order valence-corrected chi connectivity index (χ2v) is 8.15. The predicted octanol–water partition coefficient (Wildman–Crippen LogP) is 2.07. The Morgan fingerprint density at radius 1 is 1.16 bits per heavy atom. The Kier molecular flexibility index (Phi) is 7.62. The van der Waals surface area contributed by atoms with Crippen LogP contribution in [0.5, 0.6) is 5.75 Å². The second kappa shape index (κ2) is 10.4. The Morgan fingerprint density at radius 2 is 1.97 bits per heavy atom. The van der Waals surface area contributed by atoms with Crippen LogP contribution in [-0.2, 0) is 33.7 Å². The van der Waals surface area contributed by atoms with E-state index in [0.717, 1.165) is 5.56 Å². The number of ketones is 1. The maximum absolute atomic E-state index is 12.8. The van der Waals surface area contributed by atoms with Gasteiger partial charge in [0.2, 0.25) is 5.91 Å². The van der Waals surface area contributed by atoms with Gasteiger partial charge >= 0.3 is 5.97 Å². The Morgan fingerprint density at radius 3 is 2.65 bits per heavy atom. The average molecular weight is 447 g/mol. The van der Waals surface area contributed by atoms with Gasteiger partial charge in [-0.2, -0.15) is 11.3 Å². The van der Waals surface area contributed by atoms with Crippen molar-refractivity contribution in [3.05, 3.63) is 50.1 Å². The van der Waals surface area contributed by atoms with E-state index in [4.69, 9.17) is 9.47 Å². The van der Waals surface area contributed by atoms with Crippen molar-refractivity contribution in [2.75, 3.05) is 26.8 Å². The summed E-state index contributed by atoms with van der Waals surface area (Å²) < 4.78 is 12.3. The van der Waals surface area contributed by atoms with Crippen LogP contribution < -0.4 is 10.3 Å². The van der Waals surface area contributed by atoms with Crippen LogP contribution in [0.25, 0.3) is 0 Å². The van der Waals surface area contributed by atoms with E-state index in [1.54, 1.807) is 16.2 Å². The molecule has 9 heteroatoms. The molecule has 0 N–H and O–H groups in total. The third kappa shape index (κ3) is 5.61. The molecule has 0 spiro atoms. The van der Waals surface area contributed by atoms with Gasteiger partial charge in [-0.25, -0.2) is 4.79 Å². The molecule has 1 aliphatic heterocycles. The van der Waals surface area contributed by atoms with Crippen LogP contribution in [-0.4, -0.2) is 53.9 Å². The monoisotopic (exact) mass is 446 g/mol. The molecule has 8 nitrogen and oxygen atoms in total. The van der Waals surface area contributed by atoms with Crippen LogP contribution in [0.1, 0.15) is 41.4 Å². The summed E-state index contributed by atoms with van der Waals surface area (Å²) in [6.45, 7) is 2.72. The highest BCUT2D eigenvalue weighted by Crippen LogP contribution is 2.24. The zero-order valence-corrected chi connectivity index (χ0v) is 18.5. The first-order valence-electron chi connectivity index (χ1n) is 10.2. The maximum Gasteiger partial charge on any atom is 0.343 e. The highest BCUT2D eigenvalue weighted by Gasteiger charge is 2.27. The van der Waals surface area contributed by atoms with Gasteiger partial charge in [0.05, 0.1) is 13.7 Å². The Labute approximate surface area is 184 Å². The van der Waals surface area contributed by atoms with Crippen LogP contribution in [0.4, 0.5) is 0 Å². The summed E-state index contributed by atoms with van der Waals surface area (Å²) in [6.07, 6.45) is 1.30. The van der Waals surface area contributed by atoms with Crippen LogP contribution in [0.2, 0.25) is 0 Å². The molecule has 3 heterocycles. The summed E-state index contributed by atoms with van der Waals surface area (Å²) >= 11 is 1.59. The summed E-state index contributed by atoms with van der Waals surface area (Å²) in [4.78, 5) is 50.6. The van der Waals surface area contributed by atoms with Gasteiger partial charge in [-0.05, 0) is 29.3 Å². The largest absolute Gasteiger partial charge is 0.492 e. The van der Waals surface area contributed by atoms with E-state index in [0.29, 0.717) is 38.2 Å². The SMILES string of the molecule is COC(=O)c1c(OCCc2ccsc2)cc(=O)n2c1CCN(C(=O)CCC(C)=O)CC2. The number of pyridine rings is 1. The molecule has 0 bridgehead atoms. The first-order chi connectivity index (χ1) is 14.9. The van der Waals surface area contributed by atoms with Gasteiger partial charge < -0.3 is 23.7 Å². The van der Waals surface area contributed by atoms with Gasteiger partial charge in [-0.3, -0.25) is 9.59 Å². The second-order valence-electron chi connectivity index (χ2n) is 7.37. The Balaban J connectivity index is 1.83. The molecule has 1 amide bonds. The molecule has 2 aromatic heterocycles. The number of fused-ring (bicyclic) bond motifs is 1. The van der Waals surface area contributed by atoms with Gasteiger partial charge in [0.1, 0.15) is 17.1 Å². The Hall–Kier alpha value is -2.94. The number of Topliss-reactive ketones (excluding diaryl/α,β-unsaturated/α-hetero) is 1. The van der Waals surface area contributed by atoms with Crippen LogP contribution >= 0.6 is 11.3 Å². The first-order valence-corrected chi connectivity index (χ1v) is 11.1. The molecule has 166 valence electrons. The summed E-state index contributed by atoms with van der Waals surface area (Å²) in [6, 6.07) is 3.31. The maximum atomic E-state index is 12.8. The summed E-state index contributed by atoms with van der Waals surface area (Å²) in [5.74, 6) is -0.553. The lowest BCUT2D eigenvalue weighted by atomic mass is 10.1. The normalized spacial score (nSPS) is 13.3. The topological polar surface area (TPSA) is 94.9 Å². The van der Waals surface area contributed by atoms with Gasteiger partial charge in [0, 0.05) is 57.1 Å². The third-order valence-electron chi connectivity index (χ3n) is 5.26. The van der Waals surface area contributed by atoms with Crippen molar-refractivity contribution >= 4 is 29.0 Å². The minimum Gasteiger partial charge on any atom is -0.492 e. The molecule has 0 aliphatic carbocycles. The minimum atomic E-state index is -0.578. The molecule has 31 heavy (non-hydrogen) atoms. The molecule has 0 aromatic carbocycles. The molecule has 2 aromatic rings. The van der Waals surface area contributed by atoms with E-state index < -0.39 is 5.97 Å². The number of amides is 1. The van der Waals surface area contributed by atoms with Crippen molar-refractivity contribution in [2.45, 2.75) is 39.2 Å². The fourth-order valence-corrected chi connectivity index (χ4v) is 4.29. The number of esters is 1. The number of carbonyl (C=O) groups is 3. The Bertz CT molecular complexity index is 1010. The van der Waals surface area contributed by atoms with Gasteiger partial charge in [0.25, 0.3) is 5.56 Å². The van der Waals surface area contributed by atoms with E-state index in [-0.39, 0.29) is 47.9 Å². The van der Waals surface area contributed by atoms with Crippen molar-refractivity contribution in [1.82, 2.24) is 9.47 Å². The molecule has 0 saturated heterocycles. The first kappa shape index (κ1) is 22.7. The predicted molar refractivity (Wildman–Crippen MR) is 116 cm³/mol. The highest BCUT2D eigenvalue weighted by molar-refractivity contribution is 7.07. The number of nitrogens with zero attached hydrogens (tertiary/aromatic N) is 2. The number of rotatable bonds is 8. The van der Waals surface area contributed by atoms with Crippen molar-refractivity contribution < 1.29 is 23.9 Å². The van der Waals surface area contributed by atoms with E-state index in [1.165, 1.54) is 24.7 Å². The van der Waals surface area contributed by atoms with Crippen molar-refractivity contribution in [3.63, 3.8) is 0 Å². The van der Waals surface area contributed by atoms with E-state index in [9.17, 15) is 19.2 Å². The quantitative estimate of drug-likeness (QED) is 0.576. The fourth-order valence-electron chi connectivity index (χ4n) is 3.59. The lowest BCUT2D eigenvalue weighted by Crippen LogP contribution is -2.34. The van der Waals surface area contributed by atoms with Crippen LogP contribution in [0.3, 0.4) is 0 Å². The van der Waals surface area contributed by atoms with E-state index in [1.807, 2.05) is 16.8 Å². The third-order valence-corrected chi connectivity index (χ3v) is 5.99. The van der Waals surface area contributed by atoms with Crippen molar-refractivity contribution in [1.29, 1.82) is 0 Å². The summed E-state index contributed by atoms with van der Waals surface area (Å²) in [5, 5.41) is 4.00. The number of hydrogen-bond donors (Lipinski definition) is 0. The van der Waals surface area contributed by atoms with Crippen molar-refractivity contribution in [2.24, 2.45) is 0 Å². The molecule has 0 unspecified atom stereocenters. The number of carbonyl (C=O) groups excluding carboxylic acids is 3. The van der Waals surface area contributed by atoms with E-state index >= 15 is 0 Å². The molecule has 1 aliphatic rings. The molecule has 0 atom stereocenters. The lowest BCUT2D eigenvalue weighted by Gasteiger charge is -2.19. The molecular formula is C22H26N2O6S. The smallest absolute Gasteiger partial charge is 0.343 e. The average Bonchev–Trinajstić information content (AvgIpc) is 3.16. The number of hydrogen-bond acceptors (Lipinski definition) is 7. The van der Waals surface area contributed by atoms with Gasteiger partial charge in [-0.15, -0.1) is 0 Å². The number of methoxy groups -OCH3 is 1. The molecule has 0 saturated carbocycles. The van der Waals surface area contributed by atoms with Gasteiger partial charge in [-0.1, -0.05) is 0 Å². The molecule has 0 radical (unpaired) electrons. The summed E-state index contributed by atoms with van der Waals surface area (Å²) in [5.41, 5.74) is 1.57.